The quantitative estimate of drug-likeness (QED) is 0.599. The number of aromatic amines is 2. The average Bonchev–Trinajstić information content (AvgIpc) is 3.13. The molecular formula is C19H16N4O. The van der Waals surface area contributed by atoms with Crippen molar-refractivity contribution in [2.75, 3.05) is 0 Å². The van der Waals surface area contributed by atoms with Crippen LogP contribution in [-0.2, 0) is 6.54 Å². The molecule has 0 unspecified atom stereocenters. The fraction of sp³-hybridized carbons (Fsp3) is 0.0526. The van der Waals surface area contributed by atoms with Crippen molar-refractivity contribution in [3.63, 3.8) is 0 Å². The van der Waals surface area contributed by atoms with Crippen LogP contribution in [0.25, 0.3) is 23.7 Å². The second-order valence-electron chi connectivity index (χ2n) is 5.65. The van der Waals surface area contributed by atoms with E-state index in [1.165, 1.54) is 0 Å². The molecule has 0 bridgehead atoms. The maximum atomic E-state index is 12.7. The zero-order valence-electron chi connectivity index (χ0n) is 13.0. The lowest BCUT2D eigenvalue weighted by molar-refractivity contribution is 0.743. The molecule has 3 heterocycles. The van der Waals surface area contributed by atoms with Gasteiger partial charge in [-0.2, -0.15) is 0 Å². The highest BCUT2D eigenvalue weighted by Gasteiger charge is 2.06. The standard InChI is InChI=1S/C19H16N4O/c1-13-22-17(10-15-11-21-18-16(15)8-5-9-20-18)19(24)23(13)12-14-6-3-2-4-7-14/h2-11,22H,1,12H2,(H,20,21)/b17-10-. The minimum Gasteiger partial charge on any atom is -0.346 e. The van der Waals surface area contributed by atoms with Gasteiger partial charge in [-0.1, -0.05) is 36.9 Å². The maximum Gasteiger partial charge on any atom is 0.276 e. The van der Waals surface area contributed by atoms with Crippen LogP contribution in [-0.4, -0.2) is 19.5 Å². The Morgan fingerprint density at radius 2 is 2.00 bits per heavy atom. The first-order valence-corrected chi connectivity index (χ1v) is 7.68. The van der Waals surface area contributed by atoms with Gasteiger partial charge in [0.25, 0.3) is 5.56 Å². The van der Waals surface area contributed by atoms with E-state index < -0.39 is 0 Å². The molecule has 4 rings (SSSR count). The highest BCUT2D eigenvalue weighted by atomic mass is 16.1. The van der Waals surface area contributed by atoms with Crippen LogP contribution in [0.4, 0.5) is 0 Å². The van der Waals surface area contributed by atoms with E-state index in [-0.39, 0.29) is 5.56 Å². The predicted molar refractivity (Wildman–Crippen MR) is 95.0 cm³/mol. The first-order valence-electron chi connectivity index (χ1n) is 7.68. The molecule has 0 aliphatic rings. The topological polar surface area (TPSA) is 66.5 Å². The van der Waals surface area contributed by atoms with Crippen LogP contribution in [0.2, 0.25) is 0 Å². The van der Waals surface area contributed by atoms with E-state index in [9.17, 15) is 4.79 Å². The Morgan fingerprint density at radius 1 is 1.17 bits per heavy atom. The molecule has 5 heteroatoms. The van der Waals surface area contributed by atoms with Gasteiger partial charge in [-0.3, -0.25) is 9.36 Å². The Bertz CT molecular complexity index is 1170. The van der Waals surface area contributed by atoms with Gasteiger partial charge in [-0.15, -0.1) is 0 Å². The minimum atomic E-state index is -0.0814. The van der Waals surface area contributed by atoms with Crippen LogP contribution in [0.3, 0.4) is 0 Å². The molecule has 0 spiro atoms. The monoisotopic (exact) mass is 316 g/mol. The van der Waals surface area contributed by atoms with Gasteiger partial charge in [-0.05, 0) is 23.8 Å². The molecule has 0 radical (unpaired) electrons. The predicted octanol–water partition coefficient (Wildman–Crippen LogP) is 1.34. The van der Waals surface area contributed by atoms with E-state index in [2.05, 4.69) is 21.5 Å². The number of pyridine rings is 1. The zero-order chi connectivity index (χ0) is 16.5. The van der Waals surface area contributed by atoms with Crippen molar-refractivity contribution in [3.05, 3.63) is 87.2 Å². The number of hydrogen-bond donors (Lipinski definition) is 2. The van der Waals surface area contributed by atoms with Crippen LogP contribution in [0.1, 0.15) is 11.1 Å². The summed E-state index contributed by atoms with van der Waals surface area (Å²) in [7, 11) is 0. The fourth-order valence-electron chi connectivity index (χ4n) is 2.83. The first kappa shape index (κ1) is 14.3. The number of imidazole rings is 1. The number of hydrogen-bond acceptors (Lipinski definition) is 2. The molecule has 5 nitrogen and oxygen atoms in total. The summed E-state index contributed by atoms with van der Waals surface area (Å²) in [6.45, 7) is 4.46. The van der Waals surface area contributed by atoms with Gasteiger partial charge >= 0.3 is 0 Å². The smallest absolute Gasteiger partial charge is 0.276 e. The molecule has 4 aromatic rings. The van der Waals surface area contributed by atoms with Crippen LogP contribution < -0.4 is 16.4 Å². The van der Waals surface area contributed by atoms with Gasteiger partial charge in [0.15, 0.2) is 0 Å². The molecule has 3 aromatic heterocycles. The van der Waals surface area contributed by atoms with Gasteiger partial charge < -0.3 is 9.97 Å². The molecule has 0 saturated heterocycles. The van der Waals surface area contributed by atoms with Crippen molar-refractivity contribution in [2.45, 2.75) is 6.54 Å². The highest BCUT2D eigenvalue weighted by Crippen LogP contribution is 2.15. The lowest BCUT2D eigenvalue weighted by atomic mass is 10.2. The number of rotatable bonds is 3. The second-order valence-corrected chi connectivity index (χ2v) is 5.65. The van der Waals surface area contributed by atoms with Crippen LogP contribution in [0, 0.1) is 0 Å². The summed E-state index contributed by atoms with van der Waals surface area (Å²) >= 11 is 0. The van der Waals surface area contributed by atoms with Gasteiger partial charge in [-0.25, -0.2) is 4.98 Å². The summed E-state index contributed by atoms with van der Waals surface area (Å²) in [6.07, 6.45) is 5.42. The lowest BCUT2D eigenvalue weighted by Crippen LogP contribution is -2.31. The molecule has 118 valence electrons. The number of nitrogens with zero attached hydrogens (tertiary/aromatic N) is 2. The Labute approximate surface area is 137 Å². The molecule has 0 atom stereocenters. The third-order valence-corrected chi connectivity index (χ3v) is 4.05. The maximum absolute atomic E-state index is 12.7. The largest absolute Gasteiger partial charge is 0.346 e. The van der Waals surface area contributed by atoms with Gasteiger partial charge in [0.1, 0.15) is 16.5 Å². The van der Waals surface area contributed by atoms with Crippen molar-refractivity contribution in [2.24, 2.45) is 0 Å². The average molecular weight is 316 g/mol. The minimum absolute atomic E-state index is 0.0814. The molecule has 0 amide bonds. The Balaban J connectivity index is 1.81. The second kappa shape index (κ2) is 5.70. The summed E-state index contributed by atoms with van der Waals surface area (Å²) in [4.78, 5) is 23.1. The third kappa shape index (κ3) is 2.46. The van der Waals surface area contributed by atoms with Crippen molar-refractivity contribution < 1.29 is 0 Å². The first-order chi connectivity index (χ1) is 11.7. The number of aromatic nitrogens is 4. The van der Waals surface area contributed by atoms with Crippen molar-refractivity contribution in [1.82, 2.24) is 19.5 Å². The van der Waals surface area contributed by atoms with E-state index in [0.29, 0.717) is 17.4 Å². The van der Waals surface area contributed by atoms with E-state index in [1.807, 2.05) is 54.7 Å². The van der Waals surface area contributed by atoms with Crippen molar-refractivity contribution >= 4 is 23.7 Å². The van der Waals surface area contributed by atoms with Crippen LogP contribution in [0.15, 0.2) is 59.7 Å². The highest BCUT2D eigenvalue weighted by molar-refractivity contribution is 5.85. The molecule has 0 fully saturated rings. The number of benzene rings is 1. The number of fused-ring (bicyclic) bond motifs is 1. The van der Waals surface area contributed by atoms with E-state index >= 15 is 0 Å². The number of nitrogens with one attached hydrogen (secondary N) is 2. The molecule has 0 aliphatic carbocycles. The molecule has 1 aromatic carbocycles. The molecule has 0 aliphatic heterocycles. The van der Waals surface area contributed by atoms with Gasteiger partial charge in [0, 0.05) is 23.3 Å². The van der Waals surface area contributed by atoms with Crippen LogP contribution >= 0.6 is 0 Å². The lowest BCUT2D eigenvalue weighted by Gasteiger charge is -2.01. The molecular weight excluding hydrogens is 300 g/mol. The Hall–Kier alpha value is -3.34. The number of H-pyrrole nitrogens is 2. The van der Waals surface area contributed by atoms with E-state index in [1.54, 1.807) is 10.8 Å². The zero-order valence-corrected chi connectivity index (χ0v) is 13.0. The molecule has 24 heavy (non-hydrogen) atoms. The van der Waals surface area contributed by atoms with Crippen molar-refractivity contribution in [3.8, 4) is 0 Å². The third-order valence-electron chi connectivity index (χ3n) is 4.05. The fourth-order valence-corrected chi connectivity index (χ4v) is 2.83. The Morgan fingerprint density at radius 3 is 2.83 bits per heavy atom. The summed E-state index contributed by atoms with van der Waals surface area (Å²) < 4.78 is 1.65. The van der Waals surface area contributed by atoms with Crippen LogP contribution in [0.5, 0.6) is 0 Å². The summed E-state index contributed by atoms with van der Waals surface area (Å²) in [6, 6.07) is 13.7. The molecule has 0 saturated carbocycles. The van der Waals surface area contributed by atoms with E-state index in [4.69, 9.17) is 0 Å². The normalized spacial score (nSPS) is 12.1. The van der Waals surface area contributed by atoms with E-state index in [0.717, 1.165) is 22.2 Å². The van der Waals surface area contributed by atoms with Crippen molar-refractivity contribution in [1.29, 1.82) is 0 Å². The van der Waals surface area contributed by atoms with Gasteiger partial charge in [0.05, 0.1) is 6.54 Å². The summed E-state index contributed by atoms with van der Waals surface area (Å²) in [5.41, 5.74) is 3.29. The Kier molecular flexibility index (Phi) is 3.39. The molecule has 2 N–H and O–H groups in total. The SMILES string of the molecule is C=c1[nH]/c(=C\c2c[nH]c3ncccc23)c(=O)n1Cc1ccccc1. The summed E-state index contributed by atoms with van der Waals surface area (Å²) in [5.74, 6) is 0. The summed E-state index contributed by atoms with van der Waals surface area (Å²) in [5, 5.41) is 1.49. The van der Waals surface area contributed by atoms with Gasteiger partial charge in [0.2, 0.25) is 0 Å².